The van der Waals surface area contributed by atoms with Crippen LogP contribution in [0.4, 0.5) is 11.8 Å². The Labute approximate surface area is 122 Å². The molecule has 0 saturated heterocycles. The number of nitrogens with one attached hydrogen (secondary N) is 2. The second kappa shape index (κ2) is 6.39. The quantitative estimate of drug-likeness (QED) is 0.837. The van der Waals surface area contributed by atoms with Crippen molar-refractivity contribution in [3.63, 3.8) is 0 Å². The van der Waals surface area contributed by atoms with Crippen molar-refractivity contribution >= 4 is 11.8 Å². The molecule has 2 rings (SSSR count). The Morgan fingerprint density at radius 2 is 1.95 bits per heavy atom. The lowest BCUT2D eigenvalue weighted by atomic mass is 9.96. The summed E-state index contributed by atoms with van der Waals surface area (Å²) in [4.78, 5) is 11.2. The maximum absolute atomic E-state index is 4.56. The standard InChI is InChI=1S/C15H27N5/c1-5-16-14-17-10-12(2)13(19-14)18-11-15(20(3)4)8-6-7-9-15/h10H,5-9,11H2,1-4H3,(H2,16,17,18,19). The molecule has 0 unspecified atom stereocenters. The molecule has 0 radical (unpaired) electrons. The van der Waals surface area contributed by atoms with E-state index in [9.17, 15) is 0 Å². The van der Waals surface area contributed by atoms with Gasteiger partial charge >= 0.3 is 0 Å². The summed E-state index contributed by atoms with van der Waals surface area (Å²) in [5.41, 5.74) is 1.37. The number of hydrogen-bond acceptors (Lipinski definition) is 5. The Bertz CT molecular complexity index is 438. The summed E-state index contributed by atoms with van der Waals surface area (Å²) < 4.78 is 0. The van der Waals surface area contributed by atoms with Crippen LogP contribution in [-0.2, 0) is 0 Å². The Kier molecular flexibility index (Phi) is 4.81. The molecule has 112 valence electrons. The van der Waals surface area contributed by atoms with Crippen LogP contribution >= 0.6 is 0 Å². The molecule has 1 aliphatic carbocycles. The summed E-state index contributed by atoms with van der Waals surface area (Å²) in [5.74, 6) is 1.65. The van der Waals surface area contributed by atoms with Crippen molar-refractivity contribution in [2.24, 2.45) is 0 Å². The average molecular weight is 277 g/mol. The van der Waals surface area contributed by atoms with E-state index in [0.29, 0.717) is 5.95 Å². The Morgan fingerprint density at radius 3 is 2.55 bits per heavy atom. The second-order valence-electron chi connectivity index (χ2n) is 5.93. The van der Waals surface area contributed by atoms with Crippen molar-refractivity contribution in [3.8, 4) is 0 Å². The highest BCUT2D eigenvalue weighted by Crippen LogP contribution is 2.34. The molecule has 0 amide bonds. The van der Waals surface area contributed by atoms with Crippen molar-refractivity contribution < 1.29 is 0 Å². The summed E-state index contributed by atoms with van der Waals surface area (Å²) in [6, 6.07) is 0. The number of likely N-dealkylation sites (N-methyl/N-ethyl adjacent to an activating group) is 1. The molecule has 5 nitrogen and oxygen atoms in total. The Hall–Kier alpha value is -1.36. The highest BCUT2D eigenvalue weighted by atomic mass is 15.2. The zero-order chi connectivity index (χ0) is 14.6. The Morgan fingerprint density at radius 1 is 1.25 bits per heavy atom. The van der Waals surface area contributed by atoms with Gasteiger partial charge in [-0.05, 0) is 40.8 Å². The van der Waals surface area contributed by atoms with Gasteiger partial charge in [0, 0.05) is 30.4 Å². The van der Waals surface area contributed by atoms with Crippen molar-refractivity contribution in [3.05, 3.63) is 11.8 Å². The van der Waals surface area contributed by atoms with Crippen molar-refractivity contribution in [1.82, 2.24) is 14.9 Å². The zero-order valence-corrected chi connectivity index (χ0v) is 13.2. The van der Waals surface area contributed by atoms with Gasteiger partial charge < -0.3 is 15.5 Å². The van der Waals surface area contributed by atoms with Gasteiger partial charge in [-0.3, -0.25) is 0 Å². The van der Waals surface area contributed by atoms with Crippen LogP contribution in [0.25, 0.3) is 0 Å². The lowest BCUT2D eigenvalue weighted by Crippen LogP contribution is -2.47. The van der Waals surface area contributed by atoms with Gasteiger partial charge in [-0.25, -0.2) is 4.98 Å². The molecule has 1 saturated carbocycles. The number of aromatic nitrogens is 2. The van der Waals surface area contributed by atoms with Crippen LogP contribution in [0.2, 0.25) is 0 Å². The third-order valence-electron chi connectivity index (χ3n) is 4.37. The van der Waals surface area contributed by atoms with Gasteiger partial charge in [-0.1, -0.05) is 12.8 Å². The van der Waals surface area contributed by atoms with E-state index in [4.69, 9.17) is 0 Å². The minimum Gasteiger partial charge on any atom is -0.368 e. The minimum absolute atomic E-state index is 0.274. The molecule has 0 spiro atoms. The van der Waals surface area contributed by atoms with Crippen molar-refractivity contribution in [2.45, 2.75) is 45.1 Å². The number of rotatable bonds is 6. The van der Waals surface area contributed by atoms with Crippen LogP contribution in [0.5, 0.6) is 0 Å². The van der Waals surface area contributed by atoms with E-state index in [1.807, 2.05) is 6.20 Å². The molecule has 0 aromatic carbocycles. The lowest BCUT2D eigenvalue weighted by Gasteiger charge is -2.36. The fourth-order valence-electron chi connectivity index (χ4n) is 2.93. The smallest absolute Gasteiger partial charge is 0.224 e. The number of hydrogen-bond donors (Lipinski definition) is 2. The predicted molar refractivity (Wildman–Crippen MR) is 84.3 cm³/mol. The predicted octanol–water partition coefficient (Wildman–Crippen LogP) is 2.50. The first-order valence-electron chi connectivity index (χ1n) is 7.56. The highest BCUT2D eigenvalue weighted by Gasteiger charge is 2.35. The first-order chi connectivity index (χ1) is 9.57. The van der Waals surface area contributed by atoms with Gasteiger partial charge in [-0.2, -0.15) is 4.98 Å². The van der Waals surface area contributed by atoms with E-state index in [-0.39, 0.29) is 5.54 Å². The Balaban J connectivity index is 2.07. The first-order valence-corrected chi connectivity index (χ1v) is 7.56. The van der Waals surface area contributed by atoms with Crippen LogP contribution in [-0.4, -0.2) is 47.6 Å². The third-order valence-corrected chi connectivity index (χ3v) is 4.37. The SMILES string of the molecule is CCNc1ncc(C)c(NCC2(N(C)C)CCCC2)n1. The van der Waals surface area contributed by atoms with Gasteiger partial charge in [-0.15, -0.1) is 0 Å². The fraction of sp³-hybridized carbons (Fsp3) is 0.733. The van der Waals surface area contributed by atoms with Gasteiger partial charge in [0.25, 0.3) is 0 Å². The summed E-state index contributed by atoms with van der Waals surface area (Å²) in [7, 11) is 4.37. The third kappa shape index (κ3) is 3.20. The fourth-order valence-corrected chi connectivity index (χ4v) is 2.93. The maximum atomic E-state index is 4.56. The maximum Gasteiger partial charge on any atom is 0.224 e. The molecule has 1 aromatic heterocycles. The van der Waals surface area contributed by atoms with Gasteiger partial charge in [0.05, 0.1) is 0 Å². The highest BCUT2D eigenvalue weighted by molar-refractivity contribution is 5.46. The molecular weight excluding hydrogens is 250 g/mol. The van der Waals surface area contributed by atoms with E-state index >= 15 is 0 Å². The monoisotopic (exact) mass is 277 g/mol. The van der Waals surface area contributed by atoms with Gasteiger partial charge in [0.1, 0.15) is 5.82 Å². The van der Waals surface area contributed by atoms with E-state index in [0.717, 1.165) is 24.5 Å². The molecule has 1 fully saturated rings. The number of anilines is 2. The normalized spacial score (nSPS) is 17.4. The summed E-state index contributed by atoms with van der Waals surface area (Å²) >= 11 is 0. The summed E-state index contributed by atoms with van der Waals surface area (Å²) in [6.45, 7) is 5.89. The van der Waals surface area contributed by atoms with Gasteiger partial charge in [0.15, 0.2) is 0 Å². The van der Waals surface area contributed by atoms with E-state index in [1.54, 1.807) is 0 Å². The van der Waals surface area contributed by atoms with E-state index in [1.165, 1.54) is 25.7 Å². The second-order valence-corrected chi connectivity index (χ2v) is 5.93. The number of nitrogens with zero attached hydrogens (tertiary/aromatic N) is 3. The van der Waals surface area contributed by atoms with Crippen molar-refractivity contribution in [1.29, 1.82) is 0 Å². The van der Waals surface area contributed by atoms with Crippen LogP contribution in [0.15, 0.2) is 6.20 Å². The molecule has 0 atom stereocenters. The molecule has 0 aliphatic heterocycles. The molecule has 5 heteroatoms. The summed E-state index contributed by atoms with van der Waals surface area (Å²) in [5, 5.41) is 6.71. The number of aryl methyl sites for hydroxylation is 1. The topological polar surface area (TPSA) is 53.1 Å². The largest absolute Gasteiger partial charge is 0.368 e. The lowest BCUT2D eigenvalue weighted by molar-refractivity contribution is 0.172. The van der Waals surface area contributed by atoms with E-state index in [2.05, 4.69) is 53.4 Å². The molecule has 1 heterocycles. The molecule has 1 aliphatic rings. The summed E-state index contributed by atoms with van der Waals surface area (Å²) in [6.07, 6.45) is 7.05. The molecule has 20 heavy (non-hydrogen) atoms. The van der Waals surface area contributed by atoms with Crippen LogP contribution < -0.4 is 10.6 Å². The molecule has 0 bridgehead atoms. The zero-order valence-electron chi connectivity index (χ0n) is 13.2. The van der Waals surface area contributed by atoms with Crippen LogP contribution in [0.1, 0.15) is 38.2 Å². The van der Waals surface area contributed by atoms with E-state index < -0.39 is 0 Å². The van der Waals surface area contributed by atoms with Crippen LogP contribution in [0, 0.1) is 6.92 Å². The molecular formula is C15H27N5. The van der Waals surface area contributed by atoms with Crippen LogP contribution in [0.3, 0.4) is 0 Å². The molecule has 1 aromatic rings. The van der Waals surface area contributed by atoms with Crippen molar-refractivity contribution in [2.75, 3.05) is 37.8 Å². The first kappa shape index (κ1) is 15.0. The average Bonchev–Trinajstić information content (AvgIpc) is 2.90. The molecule has 2 N–H and O–H groups in total. The minimum atomic E-state index is 0.274. The van der Waals surface area contributed by atoms with Gasteiger partial charge in [0.2, 0.25) is 5.95 Å².